The number of hydrogen-bond donors (Lipinski definition) is 0. The second-order valence-electron chi connectivity index (χ2n) is 12.3. The maximum Gasteiger partial charge on any atom is 0.145 e. The molecule has 0 aliphatic rings. The number of fused-ring (bicyclic) bond motifs is 6. The van der Waals surface area contributed by atoms with Crippen molar-refractivity contribution in [2.45, 2.75) is 0 Å². The molecule has 0 amide bonds. The maximum absolute atomic E-state index is 5.11. The zero-order valence-corrected chi connectivity index (χ0v) is 26.8. The molecule has 224 valence electrons. The topological polar surface area (TPSA) is 17.8 Å². The van der Waals surface area contributed by atoms with Crippen molar-refractivity contribution in [3.05, 3.63) is 170 Å². The molecule has 0 radical (unpaired) electrons. The highest BCUT2D eigenvalue weighted by molar-refractivity contribution is 7.25. The van der Waals surface area contributed by atoms with Crippen molar-refractivity contribution >= 4 is 64.1 Å². The van der Waals surface area contributed by atoms with E-state index >= 15 is 0 Å². The van der Waals surface area contributed by atoms with E-state index < -0.39 is 0 Å². The van der Waals surface area contributed by atoms with Gasteiger partial charge in [0, 0.05) is 31.4 Å². The van der Waals surface area contributed by atoms with Gasteiger partial charge in [-0.1, -0.05) is 127 Å². The fraction of sp³-hybridized carbons (Fsp3) is 0. The number of thiophene rings is 1. The summed E-state index contributed by atoms with van der Waals surface area (Å²) in [7, 11) is 0. The molecule has 0 aliphatic heterocycles. The quantitative estimate of drug-likeness (QED) is 0.177. The molecule has 0 N–H and O–H groups in total. The average molecular weight is 629 g/mol. The van der Waals surface area contributed by atoms with Gasteiger partial charge in [0.25, 0.3) is 0 Å². The fourth-order valence-corrected chi connectivity index (χ4v) is 8.56. The molecule has 10 aromatic rings. The van der Waals surface area contributed by atoms with E-state index in [-0.39, 0.29) is 0 Å². The van der Waals surface area contributed by atoms with Crippen molar-refractivity contribution in [2.24, 2.45) is 0 Å². The van der Waals surface area contributed by atoms with Crippen molar-refractivity contribution in [1.29, 1.82) is 0 Å². The van der Waals surface area contributed by atoms with Crippen LogP contribution in [-0.4, -0.2) is 9.55 Å². The molecule has 48 heavy (non-hydrogen) atoms. The first-order valence-electron chi connectivity index (χ1n) is 16.3. The summed E-state index contributed by atoms with van der Waals surface area (Å²) >= 11 is 1.87. The average Bonchev–Trinajstić information content (AvgIpc) is 3.73. The molecule has 2 aromatic heterocycles. The third kappa shape index (κ3) is 4.15. The lowest BCUT2D eigenvalue weighted by Crippen LogP contribution is -1.97. The molecule has 0 fully saturated rings. The molecule has 0 bridgehead atoms. The van der Waals surface area contributed by atoms with Gasteiger partial charge in [0.05, 0.1) is 11.0 Å². The molecule has 2 nitrogen and oxygen atoms in total. The van der Waals surface area contributed by atoms with Crippen LogP contribution in [0.25, 0.3) is 92.1 Å². The normalized spacial score (nSPS) is 11.8. The van der Waals surface area contributed by atoms with Gasteiger partial charge in [0.1, 0.15) is 5.82 Å². The fourth-order valence-electron chi connectivity index (χ4n) is 7.48. The Bertz CT molecular complexity index is 2770. The summed E-state index contributed by atoms with van der Waals surface area (Å²) in [4.78, 5) is 5.11. The second-order valence-corrected chi connectivity index (χ2v) is 13.4. The highest BCUT2D eigenvalue weighted by atomic mass is 32.1. The van der Waals surface area contributed by atoms with Gasteiger partial charge in [-0.25, -0.2) is 4.98 Å². The molecule has 0 unspecified atom stereocenters. The molecule has 0 saturated carbocycles. The van der Waals surface area contributed by atoms with Crippen LogP contribution in [0.2, 0.25) is 0 Å². The first-order chi connectivity index (χ1) is 23.8. The predicted molar refractivity (Wildman–Crippen MR) is 205 cm³/mol. The van der Waals surface area contributed by atoms with E-state index in [4.69, 9.17) is 4.98 Å². The number of aromatic nitrogens is 2. The van der Waals surface area contributed by atoms with Crippen LogP contribution in [0.4, 0.5) is 0 Å². The van der Waals surface area contributed by atoms with Gasteiger partial charge in [0.15, 0.2) is 0 Å². The summed E-state index contributed by atoms with van der Waals surface area (Å²) in [6.07, 6.45) is 0. The van der Waals surface area contributed by atoms with Crippen LogP contribution in [0.5, 0.6) is 0 Å². The minimum absolute atomic E-state index is 0.940. The molecule has 0 aliphatic carbocycles. The number of para-hydroxylation sites is 3. The summed E-state index contributed by atoms with van der Waals surface area (Å²) in [5, 5.41) is 7.68. The molecule has 10 rings (SSSR count). The molecular weight excluding hydrogens is 601 g/mol. The Labute approximate surface area is 281 Å². The van der Waals surface area contributed by atoms with E-state index in [0.29, 0.717) is 0 Å². The SMILES string of the molecule is c1ccc(-n2c(-c3ccc(-c4c5ccccc5c(-c5ccc6sc7ccccc7c6c5)c5ccccc45)cc3)nc3ccccc32)cc1. The lowest BCUT2D eigenvalue weighted by Gasteiger charge is -2.18. The number of benzene rings is 8. The summed E-state index contributed by atoms with van der Waals surface area (Å²) in [5.41, 5.74) is 9.27. The van der Waals surface area contributed by atoms with Gasteiger partial charge in [-0.3, -0.25) is 4.57 Å². The van der Waals surface area contributed by atoms with Gasteiger partial charge in [-0.15, -0.1) is 11.3 Å². The van der Waals surface area contributed by atoms with Gasteiger partial charge >= 0.3 is 0 Å². The summed E-state index contributed by atoms with van der Waals surface area (Å²) in [6, 6.07) is 61.4. The number of nitrogens with zero attached hydrogens (tertiary/aromatic N) is 2. The highest BCUT2D eigenvalue weighted by Gasteiger charge is 2.19. The lowest BCUT2D eigenvalue weighted by atomic mass is 9.85. The standard InChI is InChI=1S/C45H28N2S/c1-2-12-32(13-3-1)47-40-20-10-9-19-39(40)46-45(47)30-24-22-29(23-25-30)43-34-15-4-6-17-36(34)44(37-18-7-5-16-35(37)43)31-26-27-42-38(28-31)33-14-8-11-21-41(33)48-42/h1-28H. The largest absolute Gasteiger partial charge is 0.292 e. The Kier molecular flexibility index (Phi) is 6.08. The minimum atomic E-state index is 0.940. The smallest absolute Gasteiger partial charge is 0.145 e. The molecular formula is C45H28N2S. The van der Waals surface area contributed by atoms with E-state index in [1.807, 2.05) is 11.3 Å². The monoisotopic (exact) mass is 628 g/mol. The van der Waals surface area contributed by atoms with E-state index in [9.17, 15) is 0 Å². The Morgan fingerprint density at radius 2 is 0.917 bits per heavy atom. The van der Waals surface area contributed by atoms with Gasteiger partial charge in [0.2, 0.25) is 0 Å². The van der Waals surface area contributed by atoms with Crippen LogP contribution in [0, 0.1) is 0 Å². The number of imidazole rings is 1. The van der Waals surface area contributed by atoms with Crippen LogP contribution in [0.1, 0.15) is 0 Å². The Hall–Kier alpha value is -6.03. The van der Waals surface area contributed by atoms with Crippen LogP contribution in [0.3, 0.4) is 0 Å². The van der Waals surface area contributed by atoms with E-state index in [1.54, 1.807) is 0 Å². The Morgan fingerprint density at radius 1 is 0.396 bits per heavy atom. The molecule has 3 heteroatoms. The first kappa shape index (κ1) is 27.1. The van der Waals surface area contributed by atoms with E-state index in [2.05, 4.69) is 174 Å². The molecule has 0 atom stereocenters. The van der Waals surface area contributed by atoms with E-state index in [1.165, 1.54) is 64.0 Å². The van der Waals surface area contributed by atoms with Gasteiger partial charge in [-0.05, 0) is 86.3 Å². The third-order valence-corrected chi connectivity index (χ3v) is 10.8. The van der Waals surface area contributed by atoms with Crippen LogP contribution in [-0.2, 0) is 0 Å². The van der Waals surface area contributed by atoms with E-state index in [0.717, 1.165) is 28.1 Å². The highest BCUT2D eigenvalue weighted by Crippen LogP contribution is 2.45. The van der Waals surface area contributed by atoms with Crippen molar-refractivity contribution < 1.29 is 0 Å². The van der Waals surface area contributed by atoms with Crippen molar-refractivity contribution in [2.75, 3.05) is 0 Å². The Balaban J connectivity index is 1.17. The van der Waals surface area contributed by atoms with Crippen molar-refractivity contribution in [3.8, 4) is 39.3 Å². The minimum Gasteiger partial charge on any atom is -0.292 e. The second kappa shape index (κ2) is 10.8. The molecule has 2 heterocycles. The zero-order chi connectivity index (χ0) is 31.6. The summed E-state index contributed by atoms with van der Waals surface area (Å²) in [6.45, 7) is 0. The van der Waals surface area contributed by atoms with Crippen LogP contribution >= 0.6 is 11.3 Å². The maximum atomic E-state index is 5.11. The van der Waals surface area contributed by atoms with Crippen LogP contribution in [0.15, 0.2) is 170 Å². The predicted octanol–water partition coefficient (Wildman–Crippen LogP) is 12.7. The van der Waals surface area contributed by atoms with Crippen molar-refractivity contribution in [3.63, 3.8) is 0 Å². The number of rotatable bonds is 4. The molecule has 0 saturated heterocycles. The third-order valence-electron chi connectivity index (χ3n) is 9.60. The number of hydrogen-bond acceptors (Lipinski definition) is 2. The molecule has 0 spiro atoms. The van der Waals surface area contributed by atoms with Gasteiger partial charge in [-0.2, -0.15) is 0 Å². The lowest BCUT2D eigenvalue weighted by molar-refractivity contribution is 1.10. The van der Waals surface area contributed by atoms with Crippen molar-refractivity contribution in [1.82, 2.24) is 9.55 Å². The molecule has 8 aromatic carbocycles. The summed E-state index contributed by atoms with van der Waals surface area (Å²) < 4.78 is 4.92. The summed E-state index contributed by atoms with van der Waals surface area (Å²) in [5.74, 6) is 0.940. The Morgan fingerprint density at radius 3 is 1.62 bits per heavy atom. The van der Waals surface area contributed by atoms with Crippen LogP contribution < -0.4 is 0 Å². The van der Waals surface area contributed by atoms with Gasteiger partial charge < -0.3 is 0 Å². The zero-order valence-electron chi connectivity index (χ0n) is 26.0. The first-order valence-corrected chi connectivity index (χ1v) is 17.1.